The van der Waals surface area contributed by atoms with E-state index in [2.05, 4.69) is 0 Å². The van der Waals surface area contributed by atoms with Crippen molar-refractivity contribution in [3.05, 3.63) is 53.1 Å². The lowest BCUT2D eigenvalue weighted by Crippen LogP contribution is -2.48. The van der Waals surface area contributed by atoms with Gasteiger partial charge in [0.1, 0.15) is 5.75 Å². The number of benzene rings is 2. The molecule has 0 unspecified atom stereocenters. The summed E-state index contributed by atoms with van der Waals surface area (Å²) in [6, 6.07) is 12.5. The summed E-state index contributed by atoms with van der Waals surface area (Å²) >= 11 is 6.21. The zero-order chi connectivity index (χ0) is 22.2. The van der Waals surface area contributed by atoms with Crippen molar-refractivity contribution in [2.45, 2.75) is 44.0 Å². The first-order valence-electron chi connectivity index (χ1n) is 10.7. The Labute approximate surface area is 188 Å². The Hall–Kier alpha value is -2.09. The number of hydrogen-bond acceptors (Lipinski definition) is 4. The summed E-state index contributed by atoms with van der Waals surface area (Å²) in [6.45, 7) is 4.89. The van der Waals surface area contributed by atoms with Crippen LogP contribution in [0.3, 0.4) is 0 Å². The number of para-hydroxylation sites is 1. The van der Waals surface area contributed by atoms with Crippen LogP contribution in [0.5, 0.6) is 5.75 Å². The van der Waals surface area contributed by atoms with E-state index >= 15 is 0 Å². The van der Waals surface area contributed by atoms with Crippen LogP contribution in [0.1, 0.15) is 32.3 Å². The number of hydrogen-bond donors (Lipinski definition) is 0. The highest BCUT2D eigenvalue weighted by Gasteiger charge is 2.39. The predicted octanol–water partition coefficient (Wildman–Crippen LogP) is 4.12. The summed E-state index contributed by atoms with van der Waals surface area (Å²) in [4.78, 5) is 15.4. The third-order valence-corrected chi connectivity index (χ3v) is 8.18. The zero-order valence-corrected chi connectivity index (χ0v) is 19.3. The van der Waals surface area contributed by atoms with Crippen LogP contribution in [0.2, 0.25) is 5.02 Å². The average molecular weight is 463 g/mol. The number of anilines is 1. The molecule has 4 rings (SSSR count). The Morgan fingerprint density at radius 3 is 2.74 bits per heavy atom. The van der Waals surface area contributed by atoms with Crippen molar-refractivity contribution in [3.8, 4) is 5.75 Å². The summed E-state index contributed by atoms with van der Waals surface area (Å²) in [5.74, 6) is 0.0916. The zero-order valence-electron chi connectivity index (χ0n) is 17.8. The fraction of sp³-hybridized carbons (Fsp3) is 0.435. The Bertz CT molecular complexity index is 1090. The van der Waals surface area contributed by atoms with E-state index in [0.717, 1.165) is 17.7 Å². The lowest BCUT2D eigenvalue weighted by Gasteiger charge is -2.34. The van der Waals surface area contributed by atoms with Gasteiger partial charge in [0.15, 0.2) is 0 Å². The van der Waals surface area contributed by atoms with Crippen molar-refractivity contribution >= 4 is 33.2 Å². The van der Waals surface area contributed by atoms with E-state index in [1.165, 1.54) is 16.4 Å². The van der Waals surface area contributed by atoms with Crippen molar-refractivity contribution in [2.75, 3.05) is 24.6 Å². The van der Waals surface area contributed by atoms with Crippen molar-refractivity contribution < 1.29 is 17.9 Å². The topological polar surface area (TPSA) is 66.9 Å². The Kier molecular flexibility index (Phi) is 6.28. The normalized spacial score (nSPS) is 21.7. The van der Waals surface area contributed by atoms with Crippen LogP contribution in [-0.4, -0.2) is 44.4 Å². The monoisotopic (exact) mass is 462 g/mol. The lowest BCUT2D eigenvalue weighted by atomic mass is 9.97. The summed E-state index contributed by atoms with van der Waals surface area (Å²) in [5.41, 5.74) is 2.10. The Morgan fingerprint density at radius 1 is 1.23 bits per heavy atom. The number of nitrogens with zero attached hydrogens (tertiary/aromatic N) is 2. The maximum absolute atomic E-state index is 13.4. The molecule has 0 radical (unpaired) electrons. The average Bonchev–Trinajstić information content (AvgIpc) is 3.10. The molecule has 166 valence electrons. The molecule has 0 bridgehead atoms. The molecule has 0 aliphatic carbocycles. The molecular formula is C23H27ClN2O4S. The first kappa shape index (κ1) is 22.1. The first-order valence-corrected chi connectivity index (χ1v) is 12.5. The number of fused-ring (bicyclic) bond motifs is 1. The highest BCUT2D eigenvalue weighted by molar-refractivity contribution is 7.89. The van der Waals surface area contributed by atoms with E-state index in [-0.39, 0.29) is 34.3 Å². The minimum Gasteiger partial charge on any atom is -0.492 e. The number of piperidine rings is 1. The van der Waals surface area contributed by atoms with E-state index < -0.39 is 10.0 Å². The molecule has 0 saturated carbocycles. The molecule has 0 aromatic heterocycles. The van der Waals surface area contributed by atoms with Crippen LogP contribution >= 0.6 is 11.6 Å². The molecule has 31 heavy (non-hydrogen) atoms. The molecule has 0 N–H and O–H groups in total. The van der Waals surface area contributed by atoms with Gasteiger partial charge in [-0.15, -0.1) is 0 Å². The van der Waals surface area contributed by atoms with Gasteiger partial charge >= 0.3 is 0 Å². The van der Waals surface area contributed by atoms with Gasteiger partial charge in [-0.05, 0) is 62.9 Å². The number of carbonyl (C=O) groups is 1. The molecule has 2 aliphatic rings. The smallest absolute Gasteiger partial charge is 0.243 e. The maximum Gasteiger partial charge on any atom is 0.243 e. The molecule has 2 aliphatic heterocycles. The molecular weight excluding hydrogens is 436 g/mol. The minimum absolute atomic E-state index is 0.00192. The summed E-state index contributed by atoms with van der Waals surface area (Å²) in [6.07, 6.45) is 2.14. The molecule has 2 aromatic rings. The van der Waals surface area contributed by atoms with Crippen LogP contribution < -0.4 is 9.64 Å². The van der Waals surface area contributed by atoms with Gasteiger partial charge in [-0.1, -0.05) is 29.8 Å². The van der Waals surface area contributed by atoms with Gasteiger partial charge in [0.25, 0.3) is 0 Å². The Balaban J connectivity index is 1.54. The van der Waals surface area contributed by atoms with E-state index in [4.69, 9.17) is 16.3 Å². The fourth-order valence-corrected chi connectivity index (χ4v) is 6.37. The number of sulfonamides is 1. The number of carbonyl (C=O) groups excluding carboxylic acids is 1. The van der Waals surface area contributed by atoms with Gasteiger partial charge in [0.05, 0.1) is 22.4 Å². The largest absolute Gasteiger partial charge is 0.492 e. The highest BCUT2D eigenvalue weighted by atomic mass is 35.5. The van der Waals surface area contributed by atoms with E-state index in [1.807, 2.05) is 43.0 Å². The number of rotatable bonds is 5. The quantitative estimate of drug-likeness (QED) is 0.670. The molecule has 2 heterocycles. The molecule has 2 aromatic carbocycles. The molecule has 2 atom stereocenters. The van der Waals surface area contributed by atoms with Gasteiger partial charge in [0.2, 0.25) is 15.9 Å². The van der Waals surface area contributed by atoms with Crippen molar-refractivity contribution in [3.63, 3.8) is 0 Å². The van der Waals surface area contributed by atoms with Crippen LogP contribution in [0, 0.1) is 5.92 Å². The molecule has 0 spiro atoms. The third kappa shape index (κ3) is 4.19. The van der Waals surface area contributed by atoms with E-state index in [9.17, 15) is 13.2 Å². The minimum atomic E-state index is -3.76. The summed E-state index contributed by atoms with van der Waals surface area (Å²) in [7, 11) is -3.76. The SMILES string of the molecule is CCOc1ccc(S(=O)(=O)N2CCC[C@@H](C(=O)N3c4ccccc4C[C@H]3C)C2)cc1Cl. The summed E-state index contributed by atoms with van der Waals surface area (Å²) in [5, 5.41) is 0.259. The summed E-state index contributed by atoms with van der Waals surface area (Å²) < 4.78 is 33.3. The van der Waals surface area contributed by atoms with Crippen LogP contribution in [-0.2, 0) is 21.2 Å². The van der Waals surface area contributed by atoms with Crippen LogP contribution in [0.4, 0.5) is 5.69 Å². The van der Waals surface area contributed by atoms with Gasteiger partial charge in [-0.3, -0.25) is 4.79 Å². The third-order valence-electron chi connectivity index (χ3n) is 6.02. The predicted molar refractivity (Wildman–Crippen MR) is 121 cm³/mol. The highest BCUT2D eigenvalue weighted by Crippen LogP contribution is 2.35. The first-order chi connectivity index (χ1) is 14.8. The van der Waals surface area contributed by atoms with Gasteiger partial charge in [-0.25, -0.2) is 8.42 Å². The van der Waals surface area contributed by atoms with Crippen molar-refractivity contribution in [1.82, 2.24) is 4.31 Å². The van der Waals surface area contributed by atoms with Crippen molar-refractivity contribution in [1.29, 1.82) is 0 Å². The van der Waals surface area contributed by atoms with Crippen LogP contribution in [0.25, 0.3) is 0 Å². The maximum atomic E-state index is 13.4. The van der Waals surface area contributed by atoms with Gasteiger partial charge < -0.3 is 9.64 Å². The second kappa shape index (κ2) is 8.81. The molecule has 1 saturated heterocycles. The van der Waals surface area contributed by atoms with Crippen molar-refractivity contribution in [2.24, 2.45) is 5.92 Å². The van der Waals surface area contributed by atoms with Crippen LogP contribution in [0.15, 0.2) is 47.4 Å². The molecule has 6 nitrogen and oxygen atoms in total. The number of halogens is 1. The van der Waals surface area contributed by atoms with Gasteiger partial charge in [-0.2, -0.15) is 4.31 Å². The van der Waals surface area contributed by atoms with E-state index in [0.29, 0.717) is 31.7 Å². The number of ether oxygens (including phenoxy) is 1. The molecule has 8 heteroatoms. The molecule has 1 amide bonds. The molecule has 1 fully saturated rings. The second-order valence-corrected chi connectivity index (χ2v) is 10.5. The fourth-order valence-electron chi connectivity index (χ4n) is 4.52. The van der Waals surface area contributed by atoms with Gasteiger partial charge in [0, 0.05) is 24.8 Å². The number of amides is 1. The standard InChI is InChI=1S/C23H27ClN2O4S/c1-3-30-22-11-10-19(14-20(22)24)31(28,29)25-12-6-8-18(15-25)23(27)26-16(2)13-17-7-4-5-9-21(17)26/h4-5,7,9-11,14,16,18H,3,6,8,12-13,15H2,1-2H3/t16-,18-/m1/s1. The lowest BCUT2D eigenvalue weighted by molar-refractivity contribution is -0.123. The second-order valence-electron chi connectivity index (χ2n) is 8.12. The van der Waals surface area contributed by atoms with E-state index in [1.54, 1.807) is 6.07 Å². The Morgan fingerprint density at radius 2 is 2.00 bits per heavy atom.